The second kappa shape index (κ2) is 50.9. The minimum absolute atomic E-state index is 0.0305. The summed E-state index contributed by atoms with van der Waals surface area (Å²) < 4.78 is 60.1. The molecule has 7 fully saturated rings. The van der Waals surface area contributed by atoms with Gasteiger partial charge in [0.2, 0.25) is 5.95 Å². The molecule has 9 heterocycles. The predicted molar refractivity (Wildman–Crippen MR) is 567 cm³/mol. The maximum Gasteiger partial charge on any atom is 0.213 e. The number of carbonyl (C=O) groups excluding carboxylic acids is 7. The molecule has 0 radical (unpaired) electrons. The molecule has 0 amide bonds. The van der Waals surface area contributed by atoms with Crippen LogP contribution in [-0.4, -0.2) is 118 Å². The molecule has 0 atom stereocenters. The second-order valence-electron chi connectivity index (χ2n) is 36.8. The quantitative estimate of drug-likeness (QED) is 0.0198. The Hall–Kier alpha value is -12.3. The summed E-state index contributed by atoms with van der Waals surface area (Å²) in [5.74, 6) is 4.45. The molecular formula is C109H100Cl3F2N17O8S7. The molecule has 0 saturated heterocycles. The number of benzene rings is 7. The normalized spacial score (nSPS) is 14.3. The van der Waals surface area contributed by atoms with Gasteiger partial charge in [-0.05, 0) is 340 Å². The van der Waals surface area contributed by atoms with Crippen molar-refractivity contribution in [1.82, 2.24) is 77.1 Å². The van der Waals surface area contributed by atoms with Gasteiger partial charge in [0, 0.05) is 125 Å². The van der Waals surface area contributed by atoms with Gasteiger partial charge in [0.05, 0.1) is 46.4 Å². The van der Waals surface area contributed by atoms with Gasteiger partial charge in [0.25, 0.3) is 0 Å². The number of carbonyl (C=O) groups is 7. The lowest BCUT2D eigenvalue weighted by Crippen LogP contribution is -2.04. The van der Waals surface area contributed by atoms with Crippen LogP contribution in [0.25, 0.3) is 15.6 Å². The maximum atomic E-state index is 13.7. The number of rotatable bonds is 37. The highest BCUT2D eigenvalue weighted by Gasteiger charge is 2.38. The fourth-order valence-electron chi connectivity index (χ4n) is 16.6. The lowest BCUT2D eigenvalue weighted by atomic mass is 9.99. The SMILES string of the molecule is Cc1cccc(Cl)c1CCC(=O)c1snnc1C1CC1.Cc1cccc(F)c1CCC(=O)c1snnc1C1CC1.O=C(CCc1c(Cl)cccc1Oc1ccccc1)c1snnc1C1CC1.O=C(CCc1cccc(F)n1)c1snnc1C1CC1.O=C(CCc1cccc2ccccc12)c1snnc1C1CC1.O=C(CCc1ccccn1)c1snnc1C1CC1.[C-]#[N+]c1cccc(Cl)c1CCC(=O)c1snnc1C1CC1. The maximum absolute atomic E-state index is 13.7. The van der Waals surface area contributed by atoms with Crippen molar-refractivity contribution in [2.45, 2.75) is 235 Å². The Morgan fingerprint density at radius 2 is 0.664 bits per heavy atom. The second-order valence-corrected chi connectivity index (χ2v) is 43.3. The highest BCUT2D eigenvalue weighted by atomic mass is 35.5. The molecule has 0 N–H and O–H groups in total. The number of aromatic nitrogens is 16. The summed E-state index contributed by atoms with van der Waals surface area (Å²) in [6.07, 6.45) is 24.2. The van der Waals surface area contributed by atoms with Crippen molar-refractivity contribution in [2.75, 3.05) is 0 Å². The number of Topliss-reactive ketones (excluding diaryl/α,β-unsaturated/α-hetero) is 7. The van der Waals surface area contributed by atoms with Crippen LogP contribution < -0.4 is 4.74 Å². The van der Waals surface area contributed by atoms with Crippen molar-refractivity contribution < 1.29 is 47.1 Å². The highest BCUT2D eigenvalue weighted by molar-refractivity contribution is 7.10. The van der Waals surface area contributed by atoms with Crippen LogP contribution in [0.1, 0.15) is 334 Å². The molecule has 0 bridgehead atoms. The van der Waals surface area contributed by atoms with Crippen molar-refractivity contribution in [3.05, 3.63) is 351 Å². The number of nitrogens with zero attached hydrogens (tertiary/aromatic N) is 17. The fraction of sp³-hybridized carbons (Fsp3) is 0.339. The van der Waals surface area contributed by atoms with Crippen LogP contribution in [0.4, 0.5) is 14.5 Å². The van der Waals surface area contributed by atoms with Crippen molar-refractivity contribution >= 4 is 172 Å². The van der Waals surface area contributed by atoms with E-state index in [1.807, 2.05) is 117 Å². The van der Waals surface area contributed by atoms with Crippen molar-refractivity contribution in [2.24, 2.45) is 0 Å². The Morgan fingerprint density at radius 1 is 0.336 bits per heavy atom. The molecule has 23 rings (SSSR count). The molecule has 7 aromatic carbocycles. The third-order valence-electron chi connectivity index (χ3n) is 25.7. The smallest absolute Gasteiger partial charge is 0.213 e. The first-order valence-corrected chi connectivity index (χ1v) is 55.3. The number of fused-ring (bicyclic) bond motifs is 1. The van der Waals surface area contributed by atoms with E-state index < -0.39 is 5.95 Å². The zero-order valence-corrected chi connectivity index (χ0v) is 87.8. The largest absolute Gasteiger partial charge is 0.457 e. The van der Waals surface area contributed by atoms with E-state index in [1.54, 1.807) is 42.6 Å². The molecule has 16 aromatic rings. The molecular weight excluding hydrogens is 2040 g/mol. The van der Waals surface area contributed by atoms with Crippen molar-refractivity contribution in [3.8, 4) is 11.5 Å². The van der Waals surface area contributed by atoms with Crippen LogP contribution in [-0.2, 0) is 44.9 Å². The first kappa shape index (κ1) is 105. The highest BCUT2D eigenvalue weighted by Crippen LogP contribution is 2.48. The number of halogens is 5. The Labute approximate surface area is 886 Å². The van der Waals surface area contributed by atoms with Crippen LogP contribution in [0.5, 0.6) is 11.5 Å². The Bertz CT molecular complexity index is 7190. The number of para-hydroxylation sites is 1. The summed E-state index contributed by atoms with van der Waals surface area (Å²) in [6.45, 7) is 11.1. The number of ketones is 7. The summed E-state index contributed by atoms with van der Waals surface area (Å²) in [7, 11) is 0. The summed E-state index contributed by atoms with van der Waals surface area (Å²) >= 11 is 27.1. The summed E-state index contributed by atoms with van der Waals surface area (Å²) in [5.41, 5.74) is 14.8. The zero-order chi connectivity index (χ0) is 102. The van der Waals surface area contributed by atoms with E-state index in [0.717, 1.165) is 207 Å². The van der Waals surface area contributed by atoms with Gasteiger partial charge in [0.15, 0.2) is 46.2 Å². The average Bonchev–Trinajstić information content (AvgIpc) is 1.65. The van der Waals surface area contributed by atoms with Crippen LogP contribution in [0.2, 0.25) is 15.1 Å². The van der Waals surface area contributed by atoms with Crippen LogP contribution >= 0.6 is 116 Å². The molecule has 0 unspecified atom stereocenters. The van der Waals surface area contributed by atoms with Gasteiger partial charge in [-0.3, -0.25) is 38.5 Å². The molecule has 9 aromatic heterocycles. The summed E-state index contributed by atoms with van der Waals surface area (Å²) in [5, 5.41) is 33.0. The number of ether oxygens (including phenoxy) is 1. The number of aryl methyl sites for hydroxylation is 5. The number of hydrogen-bond donors (Lipinski definition) is 0. The number of pyridine rings is 2. The van der Waals surface area contributed by atoms with E-state index in [0.29, 0.717) is 177 Å². The molecule has 37 heteroatoms. The first-order chi connectivity index (χ1) is 71.2. The van der Waals surface area contributed by atoms with Crippen LogP contribution in [0.15, 0.2) is 188 Å². The molecule has 746 valence electrons. The fourth-order valence-corrected chi connectivity index (χ4v) is 22.4. The molecule has 7 aliphatic rings. The van der Waals surface area contributed by atoms with E-state index in [-0.39, 0.29) is 46.3 Å². The van der Waals surface area contributed by atoms with Crippen molar-refractivity contribution in [3.63, 3.8) is 0 Å². The number of hydrogen-bond acceptors (Lipinski definition) is 31. The van der Waals surface area contributed by atoms with E-state index in [1.165, 1.54) is 97.7 Å². The minimum atomic E-state index is -0.511. The van der Waals surface area contributed by atoms with Gasteiger partial charge in [-0.15, -0.1) is 35.7 Å². The predicted octanol–water partition coefficient (Wildman–Crippen LogP) is 27.8. The molecule has 25 nitrogen and oxygen atoms in total. The van der Waals surface area contributed by atoms with Gasteiger partial charge >= 0.3 is 0 Å². The molecule has 0 spiro atoms. The van der Waals surface area contributed by atoms with E-state index in [4.69, 9.17) is 46.1 Å². The summed E-state index contributed by atoms with van der Waals surface area (Å²) in [4.78, 5) is 103. The van der Waals surface area contributed by atoms with Gasteiger partial charge in [-0.25, -0.2) is 14.2 Å². The van der Waals surface area contributed by atoms with Gasteiger partial charge < -0.3 is 4.74 Å². The first-order valence-electron chi connectivity index (χ1n) is 48.8. The van der Waals surface area contributed by atoms with Gasteiger partial charge in [0.1, 0.15) is 51.5 Å². The third-order valence-corrected chi connectivity index (χ3v) is 32.2. The lowest BCUT2D eigenvalue weighted by molar-refractivity contribution is 0.0977. The molecule has 146 heavy (non-hydrogen) atoms. The molecule has 7 saturated carbocycles. The van der Waals surface area contributed by atoms with Crippen LogP contribution in [0, 0.1) is 32.2 Å². The van der Waals surface area contributed by atoms with Gasteiger partial charge in [-0.2, -0.15) is 4.39 Å². The average molecular weight is 2140 g/mol. The zero-order valence-electron chi connectivity index (χ0n) is 79.9. The van der Waals surface area contributed by atoms with E-state index in [2.05, 4.69) is 112 Å². The topological polar surface area (TPSA) is 339 Å². The molecule has 0 aliphatic heterocycles. The minimum Gasteiger partial charge on any atom is -0.457 e. The van der Waals surface area contributed by atoms with Crippen molar-refractivity contribution in [1.29, 1.82) is 0 Å². The van der Waals surface area contributed by atoms with E-state index in [9.17, 15) is 42.3 Å². The van der Waals surface area contributed by atoms with E-state index >= 15 is 0 Å². The summed E-state index contributed by atoms with van der Waals surface area (Å²) in [6, 6.07) is 56.1. The Morgan fingerprint density at radius 3 is 1.08 bits per heavy atom. The molecule has 7 aliphatic carbocycles. The standard InChI is InChI=1S/C20H17ClN2O2S.C18H16N2OS.C15H12ClN3OS.C15H15ClN2OS.C15H15FN2OS.C13H12FN3OS.C13H13N3OS/c21-16-7-4-8-18(25-14-5-2-1-3-6-14)15(16)11-12-17(24)20-19(13-9-10-13)22-23-26-20;21-16(18-17(14-8-9-14)19-20-22-18)11-10-13-6-3-5-12-4-1-2-7-15(12)13;1-17-12-4-2-3-11(16)10(12)7-8-13(20)15-14(9-5-6-9)18-19-21-15;2*1-9-3-2-4-12(16)11(9)7-8-13(19)15-14(10-5-6-10)17-18-20-15;14-11-3-1-2-9(15-11)6-7-10(18)13-12(8-4-5-8)16-17-19-13;17-11(7-6-10-3-1-2-8-14-10)13-12(9-4-5-9)15-16-18-13/h1-8,13H,9-12H2;1-7,14H,8-11H2;2-4,9H,5-8H2;2*2-4,10H,5-8H2,1H3;1-3,8H,4-7H2;1-3,8-9H,4-7H2. The van der Waals surface area contributed by atoms with Gasteiger partial charge in [-0.1, -0.05) is 181 Å². The third kappa shape index (κ3) is 29.0. The van der Waals surface area contributed by atoms with Crippen LogP contribution in [0.3, 0.4) is 0 Å². The monoisotopic (exact) mass is 2140 g/mol. The Kier molecular flexibility index (Phi) is 36.6. The lowest BCUT2D eigenvalue weighted by Gasteiger charge is -2.12. The Balaban J connectivity index is 0.000000117.